The van der Waals surface area contributed by atoms with Gasteiger partial charge in [-0.2, -0.15) is 0 Å². The van der Waals surface area contributed by atoms with Gasteiger partial charge in [-0.1, -0.05) is 13.5 Å². The second-order valence-corrected chi connectivity index (χ2v) is 9.46. The normalized spacial score (nSPS) is 34.5. The van der Waals surface area contributed by atoms with Crippen LogP contribution in [-0.4, -0.2) is 24.1 Å². The van der Waals surface area contributed by atoms with Crippen molar-refractivity contribution in [1.82, 2.24) is 0 Å². The summed E-state index contributed by atoms with van der Waals surface area (Å²) in [6, 6.07) is 0. The minimum Gasteiger partial charge on any atom is -0.462 e. The van der Waals surface area contributed by atoms with Crippen LogP contribution in [0.25, 0.3) is 0 Å². The van der Waals surface area contributed by atoms with E-state index in [1.54, 1.807) is 20.8 Å². The lowest BCUT2D eigenvalue weighted by Gasteiger charge is -2.59. The van der Waals surface area contributed by atoms with Crippen LogP contribution in [0, 0.1) is 29.1 Å². The second-order valence-electron chi connectivity index (χ2n) is 9.46. The van der Waals surface area contributed by atoms with E-state index >= 15 is 0 Å². The Labute approximate surface area is 151 Å². The van der Waals surface area contributed by atoms with Gasteiger partial charge >= 0.3 is 11.9 Å². The third kappa shape index (κ3) is 3.63. The van der Waals surface area contributed by atoms with E-state index in [2.05, 4.69) is 13.5 Å². The summed E-state index contributed by atoms with van der Waals surface area (Å²) in [5.41, 5.74) is -0.645. The van der Waals surface area contributed by atoms with Crippen molar-refractivity contribution in [2.75, 3.05) is 6.61 Å². The predicted octanol–water partition coefficient (Wildman–Crippen LogP) is 4.28. The lowest BCUT2D eigenvalue weighted by molar-refractivity contribution is -0.179. The molecule has 1 atom stereocenters. The standard InChI is InChI=1S/C21H32O4/c1-13(2)18(22)25-20(4,5)19(23)24-12-14(3)21-9-15-6-16(10-21)8-17(7-15)11-21/h14-17H,1,6-12H2,2-5H3. The van der Waals surface area contributed by atoms with Crippen LogP contribution < -0.4 is 0 Å². The van der Waals surface area contributed by atoms with Crippen molar-refractivity contribution in [3.8, 4) is 0 Å². The lowest BCUT2D eigenvalue weighted by Crippen LogP contribution is -2.50. The fourth-order valence-corrected chi connectivity index (χ4v) is 5.69. The molecular formula is C21H32O4. The van der Waals surface area contributed by atoms with Gasteiger partial charge in [-0.25, -0.2) is 9.59 Å². The Morgan fingerprint density at radius 1 is 1.12 bits per heavy atom. The van der Waals surface area contributed by atoms with E-state index in [0.29, 0.717) is 17.9 Å². The smallest absolute Gasteiger partial charge is 0.350 e. The maximum absolute atomic E-state index is 12.4. The first-order valence-electron chi connectivity index (χ1n) is 9.67. The minimum absolute atomic E-state index is 0.280. The zero-order valence-electron chi connectivity index (χ0n) is 16.1. The molecule has 0 aromatic carbocycles. The molecule has 0 aromatic rings. The molecule has 0 spiro atoms. The van der Waals surface area contributed by atoms with Crippen LogP contribution in [0.4, 0.5) is 0 Å². The van der Waals surface area contributed by atoms with Crippen LogP contribution >= 0.6 is 0 Å². The molecule has 4 saturated carbocycles. The largest absolute Gasteiger partial charge is 0.462 e. The van der Waals surface area contributed by atoms with Gasteiger partial charge in [0.1, 0.15) is 0 Å². The zero-order chi connectivity index (χ0) is 18.4. The van der Waals surface area contributed by atoms with Crippen LogP contribution in [0.2, 0.25) is 0 Å². The molecule has 4 bridgehead atoms. The van der Waals surface area contributed by atoms with Crippen molar-refractivity contribution in [3.05, 3.63) is 12.2 Å². The number of hydrogen-bond donors (Lipinski definition) is 0. The van der Waals surface area contributed by atoms with Gasteiger partial charge in [0.2, 0.25) is 5.60 Å². The van der Waals surface area contributed by atoms with Crippen molar-refractivity contribution in [3.63, 3.8) is 0 Å². The first-order chi connectivity index (χ1) is 11.6. The molecule has 0 aromatic heterocycles. The Morgan fingerprint density at radius 2 is 1.60 bits per heavy atom. The van der Waals surface area contributed by atoms with E-state index in [0.717, 1.165) is 17.8 Å². The number of carbonyl (C=O) groups excluding carboxylic acids is 2. The summed E-state index contributed by atoms with van der Waals surface area (Å²) in [5.74, 6) is 1.99. The molecule has 4 rings (SSSR count). The predicted molar refractivity (Wildman–Crippen MR) is 95.7 cm³/mol. The molecule has 0 heterocycles. The van der Waals surface area contributed by atoms with Gasteiger partial charge in [0, 0.05) is 5.57 Å². The van der Waals surface area contributed by atoms with Crippen LogP contribution in [-0.2, 0) is 19.1 Å². The van der Waals surface area contributed by atoms with E-state index in [4.69, 9.17) is 9.47 Å². The molecule has 0 radical (unpaired) electrons. The highest BCUT2D eigenvalue weighted by atomic mass is 16.6. The molecule has 4 nitrogen and oxygen atoms in total. The summed E-state index contributed by atoms with van der Waals surface area (Å²) < 4.78 is 10.8. The summed E-state index contributed by atoms with van der Waals surface area (Å²) in [6.07, 6.45) is 8.13. The fourth-order valence-electron chi connectivity index (χ4n) is 5.69. The van der Waals surface area contributed by atoms with Crippen LogP contribution in [0.5, 0.6) is 0 Å². The monoisotopic (exact) mass is 348 g/mol. The van der Waals surface area contributed by atoms with E-state index < -0.39 is 17.5 Å². The highest BCUT2D eigenvalue weighted by Gasteiger charge is 2.53. The number of hydrogen-bond acceptors (Lipinski definition) is 4. The quantitative estimate of drug-likeness (QED) is 0.531. The Hall–Kier alpha value is -1.32. The number of ether oxygens (including phenoxy) is 2. The maximum Gasteiger partial charge on any atom is 0.350 e. The Kier molecular flexibility index (Phi) is 4.76. The number of esters is 2. The van der Waals surface area contributed by atoms with Crippen molar-refractivity contribution in [1.29, 1.82) is 0 Å². The maximum atomic E-state index is 12.4. The van der Waals surface area contributed by atoms with E-state index in [-0.39, 0.29) is 5.57 Å². The third-order valence-corrected chi connectivity index (χ3v) is 6.78. The van der Waals surface area contributed by atoms with Gasteiger partial charge in [0.15, 0.2) is 0 Å². The Bertz CT molecular complexity index is 539. The first-order valence-corrected chi connectivity index (χ1v) is 9.67. The second kappa shape index (κ2) is 6.44. The number of rotatable bonds is 6. The number of carbonyl (C=O) groups is 2. The molecule has 25 heavy (non-hydrogen) atoms. The highest BCUT2D eigenvalue weighted by Crippen LogP contribution is 2.62. The fraction of sp³-hybridized carbons (Fsp3) is 0.810. The van der Waals surface area contributed by atoms with Gasteiger partial charge in [-0.3, -0.25) is 0 Å². The SMILES string of the molecule is C=C(C)C(=O)OC(C)(C)C(=O)OCC(C)C12CC3CC(CC(C3)C1)C2. The molecule has 0 aliphatic heterocycles. The van der Waals surface area contributed by atoms with E-state index in [1.165, 1.54) is 38.5 Å². The van der Waals surface area contributed by atoms with E-state index in [1.807, 2.05) is 0 Å². The Balaban J connectivity index is 1.57. The summed E-state index contributed by atoms with van der Waals surface area (Å²) in [4.78, 5) is 24.1. The molecule has 4 aliphatic rings. The third-order valence-electron chi connectivity index (χ3n) is 6.78. The summed E-state index contributed by atoms with van der Waals surface area (Å²) in [6.45, 7) is 10.9. The van der Waals surface area contributed by atoms with Crippen LogP contribution in [0.1, 0.15) is 66.2 Å². The first kappa shape index (κ1) is 18.5. The van der Waals surface area contributed by atoms with Gasteiger partial charge in [-0.15, -0.1) is 0 Å². The highest BCUT2D eigenvalue weighted by molar-refractivity contribution is 5.90. The molecule has 140 valence electrons. The molecular weight excluding hydrogens is 316 g/mol. The molecule has 4 aliphatic carbocycles. The summed E-state index contributed by atoms with van der Waals surface area (Å²) >= 11 is 0. The minimum atomic E-state index is -1.28. The van der Waals surface area contributed by atoms with Crippen molar-refractivity contribution >= 4 is 11.9 Å². The molecule has 0 amide bonds. The molecule has 4 heteroatoms. The summed E-state index contributed by atoms with van der Waals surface area (Å²) in [7, 11) is 0. The van der Waals surface area contributed by atoms with E-state index in [9.17, 15) is 9.59 Å². The van der Waals surface area contributed by atoms with Gasteiger partial charge in [0.25, 0.3) is 0 Å². The van der Waals surface area contributed by atoms with Gasteiger partial charge in [-0.05, 0) is 88.4 Å². The average molecular weight is 348 g/mol. The molecule has 0 saturated heterocycles. The van der Waals surface area contributed by atoms with Crippen molar-refractivity contribution < 1.29 is 19.1 Å². The van der Waals surface area contributed by atoms with Gasteiger partial charge < -0.3 is 9.47 Å². The van der Waals surface area contributed by atoms with Crippen molar-refractivity contribution in [2.24, 2.45) is 29.1 Å². The zero-order valence-corrected chi connectivity index (χ0v) is 16.1. The molecule has 4 fully saturated rings. The lowest BCUT2D eigenvalue weighted by atomic mass is 9.47. The Morgan fingerprint density at radius 3 is 2.04 bits per heavy atom. The average Bonchev–Trinajstić information content (AvgIpc) is 2.50. The summed E-state index contributed by atoms with van der Waals surface area (Å²) in [5, 5.41) is 0. The topological polar surface area (TPSA) is 52.6 Å². The van der Waals surface area contributed by atoms with Gasteiger partial charge in [0.05, 0.1) is 6.61 Å². The molecule has 0 N–H and O–H groups in total. The molecule has 1 unspecified atom stereocenters. The van der Waals surface area contributed by atoms with Crippen LogP contribution in [0.3, 0.4) is 0 Å². The van der Waals surface area contributed by atoms with Crippen molar-refractivity contribution in [2.45, 2.75) is 71.8 Å². The van der Waals surface area contributed by atoms with Crippen LogP contribution in [0.15, 0.2) is 12.2 Å².